The molecule has 0 amide bonds. The van der Waals surface area contributed by atoms with Crippen LogP contribution in [0.2, 0.25) is 0 Å². The lowest BCUT2D eigenvalue weighted by atomic mass is 10.1. The van der Waals surface area contributed by atoms with Crippen LogP contribution in [0.4, 0.5) is 0 Å². The van der Waals surface area contributed by atoms with E-state index in [9.17, 15) is 9.59 Å². The second-order valence-corrected chi connectivity index (χ2v) is 3.86. The molecule has 0 aliphatic carbocycles. The standard InChI is InChI=1S/2C8H7NO2/c10-5-8(6-11)7-1-3-9-4-2-7;10-5-7(6-11)8-3-1-2-4-9-8/h2*1-6,10H/b8-5-;7-5-. The van der Waals surface area contributed by atoms with Gasteiger partial charge in [0.05, 0.1) is 29.4 Å². The van der Waals surface area contributed by atoms with Gasteiger partial charge in [0, 0.05) is 18.6 Å². The topological polar surface area (TPSA) is 100 Å². The molecule has 0 bridgehead atoms. The van der Waals surface area contributed by atoms with Gasteiger partial charge >= 0.3 is 0 Å². The first-order valence-corrected chi connectivity index (χ1v) is 6.17. The lowest BCUT2D eigenvalue weighted by molar-refractivity contribution is -0.104. The van der Waals surface area contributed by atoms with E-state index in [4.69, 9.17) is 10.2 Å². The monoisotopic (exact) mass is 298 g/mol. The molecule has 0 fully saturated rings. The minimum Gasteiger partial charge on any atom is -0.515 e. The molecule has 0 atom stereocenters. The summed E-state index contributed by atoms with van der Waals surface area (Å²) >= 11 is 0. The quantitative estimate of drug-likeness (QED) is 0.510. The highest BCUT2D eigenvalue weighted by molar-refractivity contribution is 6.06. The summed E-state index contributed by atoms with van der Waals surface area (Å²) in [5.74, 6) is 0. The largest absolute Gasteiger partial charge is 0.515 e. The van der Waals surface area contributed by atoms with Gasteiger partial charge in [-0.15, -0.1) is 0 Å². The fraction of sp³-hybridized carbons (Fsp3) is 0. The molecule has 2 rings (SSSR count). The molecule has 2 N–H and O–H groups in total. The summed E-state index contributed by atoms with van der Waals surface area (Å²) in [5, 5.41) is 17.1. The summed E-state index contributed by atoms with van der Waals surface area (Å²) in [6, 6.07) is 8.43. The van der Waals surface area contributed by atoms with Gasteiger partial charge in [-0.1, -0.05) is 6.07 Å². The minimum absolute atomic E-state index is 0.186. The molecule has 22 heavy (non-hydrogen) atoms. The number of aromatic nitrogens is 2. The second kappa shape index (κ2) is 9.60. The summed E-state index contributed by atoms with van der Waals surface area (Å²) in [6.45, 7) is 0. The van der Waals surface area contributed by atoms with E-state index in [2.05, 4.69) is 9.97 Å². The van der Waals surface area contributed by atoms with Crippen LogP contribution < -0.4 is 0 Å². The van der Waals surface area contributed by atoms with E-state index in [1.54, 1.807) is 48.9 Å². The average molecular weight is 298 g/mol. The highest BCUT2D eigenvalue weighted by Gasteiger charge is 1.98. The van der Waals surface area contributed by atoms with Gasteiger partial charge in [0.25, 0.3) is 0 Å². The molecule has 112 valence electrons. The lowest BCUT2D eigenvalue weighted by Gasteiger charge is -1.94. The van der Waals surface area contributed by atoms with Crippen LogP contribution in [-0.4, -0.2) is 32.8 Å². The Bertz CT molecular complexity index is 593. The molecule has 6 nitrogen and oxygen atoms in total. The zero-order valence-electron chi connectivity index (χ0n) is 11.5. The summed E-state index contributed by atoms with van der Waals surface area (Å²) in [4.78, 5) is 28.2. The maximum atomic E-state index is 10.3. The number of aliphatic hydroxyl groups excluding tert-OH is 2. The van der Waals surface area contributed by atoms with Gasteiger partial charge in [0.1, 0.15) is 0 Å². The van der Waals surface area contributed by atoms with Crippen molar-refractivity contribution in [1.82, 2.24) is 9.97 Å². The van der Waals surface area contributed by atoms with E-state index in [0.29, 0.717) is 23.8 Å². The molecule has 0 saturated carbocycles. The first kappa shape index (κ1) is 16.8. The number of hydrogen-bond donors (Lipinski definition) is 2. The molecule has 6 heteroatoms. The average Bonchev–Trinajstić information content (AvgIpc) is 2.60. The number of rotatable bonds is 4. The van der Waals surface area contributed by atoms with Crippen LogP contribution in [0.5, 0.6) is 0 Å². The highest BCUT2D eigenvalue weighted by Crippen LogP contribution is 2.08. The van der Waals surface area contributed by atoms with E-state index in [1.165, 1.54) is 0 Å². The third-order valence-electron chi connectivity index (χ3n) is 2.51. The van der Waals surface area contributed by atoms with Crippen molar-refractivity contribution >= 4 is 23.7 Å². The first-order valence-electron chi connectivity index (χ1n) is 6.17. The molecule has 0 aliphatic heterocycles. The fourth-order valence-corrected chi connectivity index (χ4v) is 1.41. The summed E-state index contributed by atoms with van der Waals surface area (Å²) in [5.41, 5.74) is 1.58. The number of aliphatic hydroxyl groups is 2. The molecule has 0 spiro atoms. The fourth-order valence-electron chi connectivity index (χ4n) is 1.41. The minimum atomic E-state index is 0.186. The predicted molar refractivity (Wildman–Crippen MR) is 81.8 cm³/mol. The van der Waals surface area contributed by atoms with Crippen molar-refractivity contribution < 1.29 is 19.8 Å². The number of allylic oxidation sites excluding steroid dienone is 2. The molecular weight excluding hydrogens is 284 g/mol. The Morgan fingerprint density at radius 1 is 0.864 bits per heavy atom. The number of pyridine rings is 2. The summed E-state index contributed by atoms with van der Waals surface area (Å²) in [7, 11) is 0. The van der Waals surface area contributed by atoms with Gasteiger partial charge in [-0.05, 0) is 29.8 Å². The van der Waals surface area contributed by atoms with Gasteiger partial charge in [0.2, 0.25) is 0 Å². The Hall–Kier alpha value is -3.28. The summed E-state index contributed by atoms with van der Waals surface area (Å²) in [6.07, 6.45) is 7.35. The first-order chi connectivity index (χ1) is 10.8. The number of carbonyl (C=O) groups excluding carboxylic acids is 2. The van der Waals surface area contributed by atoms with Gasteiger partial charge in [0.15, 0.2) is 12.6 Å². The van der Waals surface area contributed by atoms with Gasteiger partial charge in [-0.25, -0.2) is 0 Å². The number of aldehydes is 2. The Kier molecular flexibility index (Phi) is 7.32. The molecular formula is C16H14N2O4. The zero-order valence-corrected chi connectivity index (χ0v) is 11.5. The maximum Gasteiger partial charge on any atom is 0.155 e. The van der Waals surface area contributed by atoms with Crippen LogP contribution in [0.1, 0.15) is 11.3 Å². The molecule has 2 aromatic rings. The molecule has 0 aliphatic rings. The number of nitrogens with zero attached hydrogens (tertiary/aromatic N) is 2. The van der Waals surface area contributed by atoms with Gasteiger partial charge in [-0.3, -0.25) is 19.6 Å². The molecule has 2 heterocycles. The van der Waals surface area contributed by atoms with Gasteiger partial charge < -0.3 is 10.2 Å². The van der Waals surface area contributed by atoms with E-state index < -0.39 is 0 Å². The van der Waals surface area contributed by atoms with Crippen LogP contribution in [-0.2, 0) is 9.59 Å². The van der Waals surface area contributed by atoms with E-state index in [1.807, 2.05) is 0 Å². The summed E-state index contributed by atoms with van der Waals surface area (Å²) < 4.78 is 0. The maximum absolute atomic E-state index is 10.3. The molecule has 0 saturated heterocycles. The third kappa shape index (κ3) is 5.01. The van der Waals surface area contributed by atoms with Crippen molar-refractivity contribution in [3.8, 4) is 0 Å². The Labute approximate surface area is 127 Å². The Morgan fingerprint density at radius 3 is 1.95 bits per heavy atom. The molecule has 0 radical (unpaired) electrons. The van der Waals surface area contributed by atoms with Crippen molar-refractivity contribution in [2.45, 2.75) is 0 Å². The Balaban J connectivity index is 0.000000220. The van der Waals surface area contributed by atoms with Crippen molar-refractivity contribution in [3.63, 3.8) is 0 Å². The van der Waals surface area contributed by atoms with Crippen LogP contribution >= 0.6 is 0 Å². The number of hydrogen-bond acceptors (Lipinski definition) is 6. The molecule has 0 unspecified atom stereocenters. The predicted octanol–water partition coefficient (Wildman–Crippen LogP) is 2.36. The lowest BCUT2D eigenvalue weighted by Crippen LogP contribution is -1.88. The van der Waals surface area contributed by atoms with Crippen LogP contribution in [0.3, 0.4) is 0 Å². The van der Waals surface area contributed by atoms with Gasteiger partial charge in [-0.2, -0.15) is 0 Å². The Morgan fingerprint density at radius 2 is 1.50 bits per heavy atom. The normalized spacial score (nSPS) is 11.1. The smallest absolute Gasteiger partial charge is 0.155 e. The molecule has 2 aromatic heterocycles. The van der Waals surface area contributed by atoms with Crippen molar-refractivity contribution in [2.24, 2.45) is 0 Å². The zero-order chi connectivity index (χ0) is 16.2. The van der Waals surface area contributed by atoms with E-state index >= 15 is 0 Å². The highest BCUT2D eigenvalue weighted by atomic mass is 16.2. The SMILES string of the molecule is O=C/C(=C/O)c1ccccn1.O=C/C(=C/O)c1ccncc1. The van der Waals surface area contributed by atoms with Crippen molar-refractivity contribution in [2.75, 3.05) is 0 Å². The van der Waals surface area contributed by atoms with Crippen LogP contribution in [0.25, 0.3) is 11.1 Å². The van der Waals surface area contributed by atoms with E-state index in [-0.39, 0.29) is 11.1 Å². The van der Waals surface area contributed by atoms with Crippen molar-refractivity contribution in [1.29, 1.82) is 0 Å². The van der Waals surface area contributed by atoms with Crippen LogP contribution in [0.15, 0.2) is 61.4 Å². The van der Waals surface area contributed by atoms with Crippen molar-refractivity contribution in [3.05, 3.63) is 72.7 Å². The number of carbonyl (C=O) groups is 2. The van der Waals surface area contributed by atoms with Crippen LogP contribution in [0, 0.1) is 0 Å². The molecule has 0 aromatic carbocycles. The second-order valence-electron chi connectivity index (χ2n) is 3.86. The third-order valence-corrected chi connectivity index (χ3v) is 2.51. The van der Waals surface area contributed by atoms with E-state index in [0.717, 1.165) is 12.5 Å².